The third kappa shape index (κ3) is 2.20. The van der Waals surface area contributed by atoms with Crippen molar-refractivity contribution in [3.8, 4) is 0 Å². The monoisotopic (exact) mass is 304 g/mol. The Balaban J connectivity index is 1.94. The molecule has 0 aliphatic heterocycles. The van der Waals surface area contributed by atoms with Crippen molar-refractivity contribution in [1.29, 1.82) is 0 Å². The van der Waals surface area contributed by atoms with Gasteiger partial charge in [0.05, 0.1) is 12.7 Å². The predicted molar refractivity (Wildman–Crippen MR) is 90.4 cm³/mol. The van der Waals surface area contributed by atoms with Gasteiger partial charge in [-0.1, -0.05) is 30.9 Å². The van der Waals surface area contributed by atoms with Gasteiger partial charge in [0.1, 0.15) is 17.1 Å². The highest BCUT2D eigenvalue weighted by atomic mass is 16.3. The molecule has 1 aliphatic carbocycles. The summed E-state index contributed by atoms with van der Waals surface area (Å²) in [5, 5.41) is 3.16. The summed E-state index contributed by atoms with van der Waals surface area (Å²) in [6.45, 7) is 3.80. The van der Waals surface area contributed by atoms with Crippen LogP contribution in [0.5, 0.6) is 0 Å². The zero-order valence-corrected chi connectivity index (χ0v) is 12.7. The van der Waals surface area contributed by atoms with E-state index in [1.165, 1.54) is 0 Å². The van der Waals surface area contributed by atoms with Gasteiger partial charge >= 0.3 is 0 Å². The lowest BCUT2D eigenvalue weighted by atomic mass is 9.81. The second kappa shape index (κ2) is 5.20. The van der Waals surface area contributed by atoms with E-state index in [4.69, 9.17) is 4.42 Å². The summed E-state index contributed by atoms with van der Waals surface area (Å²) < 4.78 is 5.68. The van der Waals surface area contributed by atoms with Gasteiger partial charge in [-0.25, -0.2) is 0 Å². The van der Waals surface area contributed by atoms with E-state index >= 15 is 0 Å². The van der Waals surface area contributed by atoms with Gasteiger partial charge in [-0.2, -0.15) is 0 Å². The van der Waals surface area contributed by atoms with Crippen LogP contribution in [-0.4, -0.2) is 11.6 Å². The number of ketones is 2. The first kappa shape index (κ1) is 13.9. The van der Waals surface area contributed by atoms with Gasteiger partial charge in [-0.3, -0.25) is 9.59 Å². The minimum atomic E-state index is -0.237. The summed E-state index contributed by atoms with van der Waals surface area (Å²) in [6, 6.07) is 10.1. The summed E-state index contributed by atoms with van der Waals surface area (Å²) in [6.07, 6.45) is 4.59. The van der Waals surface area contributed by atoms with Crippen LogP contribution in [0, 0.1) is 0 Å². The maximum atomic E-state index is 12.3. The molecule has 0 saturated heterocycles. The first-order valence-corrected chi connectivity index (χ1v) is 7.78. The Morgan fingerprint density at radius 2 is 2.04 bits per heavy atom. The highest BCUT2D eigenvalue weighted by Gasteiger charge is 2.31. The second-order valence-corrected chi connectivity index (χ2v) is 6.09. The standard InChI is InChI=1S/C20H16O3/c1-2-12-3-6-15-13(9-12)4-8-19-20(15)17(11-23-19)16-7-5-14(21)10-18(16)22/h2-4,6,8-9,11,16H,1,5,7,10H2. The van der Waals surface area contributed by atoms with Gasteiger partial charge in [0, 0.05) is 23.3 Å². The second-order valence-electron chi connectivity index (χ2n) is 6.09. The average Bonchev–Trinajstić information content (AvgIpc) is 2.98. The van der Waals surface area contributed by atoms with Crippen molar-refractivity contribution in [3.63, 3.8) is 0 Å². The van der Waals surface area contributed by atoms with Crippen LogP contribution in [-0.2, 0) is 9.59 Å². The first-order valence-electron chi connectivity index (χ1n) is 7.78. The molecule has 4 rings (SSSR count). The molecule has 0 N–H and O–H groups in total. The zero-order valence-electron chi connectivity index (χ0n) is 12.7. The van der Waals surface area contributed by atoms with Gasteiger partial charge in [0.25, 0.3) is 0 Å². The van der Waals surface area contributed by atoms with E-state index in [2.05, 4.69) is 12.6 Å². The molecular formula is C20H16O3. The van der Waals surface area contributed by atoms with Crippen molar-refractivity contribution < 1.29 is 14.0 Å². The topological polar surface area (TPSA) is 47.3 Å². The number of carbonyl (C=O) groups excluding carboxylic acids is 2. The molecular weight excluding hydrogens is 288 g/mol. The maximum absolute atomic E-state index is 12.3. The molecule has 1 heterocycles. The summed E-state index contributed by atoms with van der Waals surface area (Å²) >= 11 is 0. The van der Waals surface area contributed by atoms with Gasteiger partial charge < -0.3 is 4.42 Å². The molecule has 23 heavy (non-hydrogen) atoms. The van der Waals surface area contributed by atoms with Crippen molar-refractivity contribution in [3.05, 3.63) is 54.3 Å². The largest absolute Gasteiger partial charge is 0.464 e. The molecule has 0 spiro atoms. The molecule has 3 nitrogen and oxygen atoms in total. The van der Waals surface area contributed by atoms with Crippen molar-refractivity contribution >= 4 is 39.4 Å². The van der Waals surface area contributed by atoms with Gasteiger partial charge in [0.15, 0.2) is 0 Å². The SMILES string of the molecule is C=Cc1ccc2c(ccc3occ(C4CCC(=O)CC4=O)c32)c1. The number of Topliss-reactive ketones (excluding diaryl/α,β-unsaturated/α-hetero) is 2. The van der Waals surface area contributed by atoms with Crippen LogP contribution in [0.2, 0.25) is 0 Å². The zero-order chi connectivity index (χ0) is 16.0. The number of carbonyl (C=O) groups is 2. The molecule has 1 saturated carbocycles. The van der Waals surface area contributed by atoms with Crippen molar-refractivity contribution in [2.24, 2.45) is 0 Å². The number of rotatable bonds is 2. The van der Waals surface area contributed by atoms with E-state index in [1.54, 1.807) is 6.26 Å². The highest BCUT2D eigenvalue weighted by molar-refractivity contribution is 6.11. The fourth-order valence-corrected chi connectivity index (χ4v) is 3.49. The van der Waals surface area contributed by atoms with Crippen LogP contribution in [0.25, 0.3) is 27.8 Å². The van der Waals surface area contributed by atoms with Crippen LogP contribution in [0.4, 0.5) is 0 Å². The van der Waals surface area contributed by atoms with Crippen LogP contribution < -0.4 is 0 Å². The Kier molecular flexibility index (Phi) is 3.15. The third-order valence-corrected chi connectivity index (χ3v) is 4.69. The molecule has 1 fully saturated rings. The van der Waals surface area contributed by atoms with E-state index in [9.17, 15) is 9.59 Å². The molecule has 0 radical (unpaired) electrons. The quantitative estimate of drug-likeness (QED) is 0.648. The van der Waals surface area contributed by atoms with Crippen LogP contribution in [0.15, 0.2) is 47.6 Å². The van der Waals surface area contributed by atoms with Gasteiger partial charge in [-0.05, 0) is 34.9 Å². The minimum Gasteiger partial charge on any atom is -0.464 e. The summed E-state index contributed by atoms with van der Waals surface area (Å²) in [5.74, 6) is -0.193. The van der Waals surface area contributed by atoms with Crippen molar-refractivity contribution in [2.45, 2.75) is 25.2 Å². The first-order chi connectivity index (χ1) is 11.2. The number of hydrogen-bond acceptors (Lipinski definition) is 3. The molecule has 0 amide bonds. The maximum Gasteiger partial charge on any atom is 0.147 e. The third-order valence-electron chi connectivity index (χ3n) is 4.69. The minimum absolute atomic E-state index is 0.00339. The summed E-state index contributed by atoms with van der Waals surface area (Å²) in [4.78, 5) is 23.8. The van der Waals surface area contributed by atoms with E-state index in [-0.39, 0.29) is 23.9 Å². The lowest BCUT2D eigenvalue weighted by molar-refractivity contribution is -0.130. The lowest BCUT2D eigenvalue weighted by Crippen LogP contribution is -2.22. The van der Waals surface area contributed by atoms with E-state index in [1.807, 2.05) is 30.3 Å². The van der Waals surface area contributed by atoms with E-state index in [0.717, 1.165) is 32.9 Å². The number of furan rings is 1. The van der Waals surface area contributed by atoms with Crippen molar-refractivity contribution in [1.82, 2.24) is 0 Å². The normalized spacial score (nSPS) is 18.7. The Hall–Kier alpha value is -2.68. The molecule has 1 aliphatic rings. The van der Waals surface area contributed by atoms with Gasteiger partial charge in [-0.15, -0.1) is 0 Å². The Morgan fingerprint density at radius 3 is 2.83 bits per heavy atom. The number of hydrogen-bond donors (Lipinski definition) is 0. The van der Waals surface area contributed by atoms with E-state index < -0.39 is 0 Å². The Bertz CT molecular complexity index is 962. The fourth-order valence-electron chi connectivity index (χ4n) is 3.49. The molecule has 3 aromatic rings. The summed E-state index contributed by atoms with van der Waals surface area (Å²) in [5.41, 5.74) is 2.75. The molecule has 3 heteroatoms. The van der Waals surface area contributed by atoms with Gasteiger partial charge in [0.2, 0.25) is 0 Å². The number of fused-ring (bicyclic) bond motifs is 3. The predicted octanol–water partition coefficient (Wildman–Crippen LogP) is 4.63. The smallest absolute Gasteiger partial charge is 0.147 e. The fraction of sp³-hybridized carbons (Fsp3) is 0.200. The molecule has 1 aromatic heterocycles. The molecule has 114 valence electrons. The summed E-state index contributed by atoms with van der Waals surface area (Å²) in [7, 11) is 0. The number of benzene rings is 2. The lowest BCUT2D eigenvalue weighted by Gasteiger charge is -2.19. The Morgan fingerprint density at radius 1 is 1.17 bits per heavy atom. The van der Waals surface area contributed by atoms with Crippen molar-refractivity contribution in [2.75, 3.05) is 0 Å². The van der Waals surface area contributed by atoms with Crippen LogP contribution in [0.3, 0.4) is 0 Å². The molecule has 0 bridgehead atoms. The Labute approximate surface area is 133 Å². The average molecular weight is 304 g/mol. The molecule has 1 unspecified atom stereocenters. The molecule has 2 aromatic carbocycles. The molecule has 1 atom stereocenters. The van der Waals surface area contributed by atoms with Crippen LogP contribution >= 0.6 is 0 Å². The highest BCUT2D eigenvalue weighted by Crippen LogP contribution is 2.38. The van der Waals surface area contributed by atoms with Crippen LogP contribution in [0.1, 0.15) is 36.3 Å². The van der Waals surface area contributed by atoms with E-state index in [0.29, 0.717) is 12.8 Å².